The molecule has 26 heavy (non-hydrogen) atoms. The Bertz CT molecular complexity index is 687. The fraction of sp³-hybridized carbons (Fsp3) is 0.632. The van der Waals surface area contributed by atoms with E-state index >= 15 is 0 Å². The third-order valence-electron chi connectivity index (χ3n) is 4.39. The van der Waals surface area contributed by atoms with Crippen LogP contribution < -0.4 is 10.6 Å². The first-order valence-electron chi connectivity index (χ1n) is 9.04. The number of sulfone groups is 1. The van der Waals surface area contributed by atoms with Gasteiger partial charge < -0.3 is 10.6 Å². The van der Waals surface area contributed by atoms with Crippen molar-refractivity contribution >= 4 is 15.8 Å². The van der Waals surface area contributed by atoms with Crippen molar-refractivity contribution in [3.63, 3.8) is 0 Å². The summed E-state index contributed by atoms with van der Waals surface area (Å²) in [6.45, 7) is 7.89. The molecule has 2 N–H and O–H groups in total. The Morgan fingerprint density at radius 2 is 1.81 bits per heavy atom. The molecular formula is C19H34N4O2S. The van der Waals surface area contributed by atoms with E-state index < -0.39 is 9.84 Å². The third-order valence-corrected chi connectivity index (χ3v) is 5.37. The van der Waals surface area contributed by atoms with Crippen LogP contribution in [0, 0.1) is 0 Å². The van der Waals surface area contributed by atoms with E-state index in [0.717, 1.165) is 6.54 Å². The third kappa shape index (κ3) is 8.67. The number of hydrogen-bond donors (Lipinski definition) is 2. The smallest absolute Gasteiger partial charge is 0.191 e. The van der Waals surface area contributed by atoms with Gasteiger partial charge in [0.25, 0.3) is 0 Å². The fourth-order valence-electron chi connectivity index (χ4n) is 2.41. The number of benzene rings is 1. The van der Waals surface area contributed by atoms with Crippen LogP contribution in [0.1, 0.15) is 38.3 Å². The van der Waals surface area contributed by atoms with Crippen molar-refractivity contribution in [2.75, 3.05) is 26.1 Å². The first-order valence-corrected chi connectivity index (χ1v) is 11.1. The summed E-state index contributed by atoms with van der Waals surface area (Å²) < 4.78 is 22.6. The summed E-state index contributed by atoms with van der Waals surface area (Å²) in [5.41, 5.74) is 2.52. The Morgan fingerprint density at radius 1 is 1.19 bits per heavy atom. The molecule has 1 atom stereocenters. The minimum atomic E-state index is -2.95. The standard InChI is InChI=1S/C19H34N4O2S/c1-15(2)23(5)14-18-10-8-7-9-17(18)13-21-19(20-4)22-16(3)11-12-26(6,24)25/h7-10,15-16H,11-14H2,1-6H3,(H2,20,21,22). The Kier molecular flexibility index (Phi) is 9.08. The first kappa shape index (κ1) is 22.4. The molecule has 148 valence electrons. The molecule has 0 saturated heterocycles. The molecule has 1 unspecified atom stereocenters. The number of nitrogens with one attached hydrogen (secondary N) is 2. The number of guanidine groups is 1. The molecule has 0 heterocycles. The SMILES string of the molecule is CN=C(NCc1ccccc1CN(C)C(C)C)NC(C)CCS(C)(=O)=O. The summed E-state index contributed by atoms with van der Waals surface area (Å²) in [6.07, 6.45) is 1.81. The summed E-state index contributed by atoms with van der Waals surface area (Å²) in [4.78, 5) is 6.55. The predicted molar refractivity (Wildman–Crippen MR) is 110 cm³/mol. The van der Waals surface area contributed by atoms with Gasteiger partial charge in [-0.2, -0.15) is 0 Å². The molecule has 1 aromatic rings. The monoisotopic (exact) mass is 382 g/mol. The zero-order valence-electron chi connectivity index (χ0n) is 16.9. The molecule has 1 rings (SSSR count). The van der Waals surface area contributed by atoms with E-state index in [2.05, 4.69) is 59.6 Å². The van der Waals surface area contributed by atoms with E-state index in [9.17, 15) is 8.42 Å². The van der Waals surface area contributed by atoms with Crippen molar-refractivity contribution < 1.29 is 8.42 Å². The minimum Gasteiger partial charge on any atom is -0.354 e. The Balaban J connectivity index is 2.63. The molecule has 0 saturated carbocycles. The lowest BCUT2D eigenvalue weighted by Gasteiger charge is -2.23. The molecule has 0 aliphatic rings. The average molecular weight is 383 g/mol. The molecule has 0 spiro atoms. The van der Waals surface area contributed by atoms with E-state index in [0.29, 0.717) is 25.0 Å². The van der Waals surface area contributed by atoms with Gasteiger partial charge in [-0.25, -0.2) is 8.42 Å². The highest BCUT2D eigenvalue weighted by Gasteiger charge is 2.11. The first-order chi connectivity index (χ1) is 12.1. The number of aliphatic imine (C=N–C) groups is 1. The number of rotatable bonds is 9. The molecule has 7 heteroatoms. The molecule has 0 aliphatic carbocycles. The van der Waals surface area contributed by atoms with Gasteiger partial charge in [0.2, 0.25) is 0 Å². The van der Waals surface area contributed by atoms with Crippen molar-refractivity contribution in [2.24, 2.45) is 4.99 Å². The highest BCUT2D eigenvalue weighted by atomic mass is 32.2. The van der Waals surface area contributed by atoms with Gasteiger partial charge in [0.05, 0.1) is 5.75 Å². The molecule has 0 radical (unpaired) electrons. The summed E-state index contributed by atoms with van der Waals surface area (Å²) in [6, 6.07) is 8.89. The van der Waals surface area contributed by atoms with Crippen LogP contribution in [-0.2, 0) is 22.9 Å². The van der Waals surface area contributed by atoms with E-state index in [1.807, 2.05) is 13.0 Å². The van der Waals surface area contributed by atoms with Crippen molar-refractivity contribution in [1.82, 2.24) is 15.5 Å². The Labute approximate surface area is 159 Å². The van der Waals surface area contributed by atoms with Crippen LogP contribution >= 0.6 is 0 Å². The lowest BCUT2D eigenvalue weighted by atomic mass is 10.1. The zero-order valence-corrected chi connectivity index (χ0v) is 17.7. The summed E-state index contributed by atoms with van der Waals surface area (Å²) in [5, 5.41) is 6.58. The van der Waals surface area contributed by atoms with E-state index in [4.69, 9.17) is 0 Å². The Hall–Kier alpha value is -1.60. The molecule has 0 bridgehead atoms. The second-order valence-corrected chi connectivity index (χ2v) is 9.43. The zero-order chi connectivity index (χ0) is 19.7. The molecule has 0 amide bonds. The molecule has 0 fully saturated rings. The van der Waals surface area contributed by atoms with Crippen molar-refractivity contribution in [2.45, 2.75) is 52.4 Å². The van der Waals surface area contributed by atoms with Crippen LogP contribution in [0.4, 0.5) is 0 Å². The van der Waals surface area contributed by atoms with Gasteiger partial charge in [0.15, 0.2) is 5.96 Å². The molecule has 1 aromatic carbocycles. The van der Waals surface area contributed by atoms with E-state index in [-0.39, 0.29) is 11.8 Å². The molecular weight excluding hydrogens is 348 g/mol. The van der Waals surface area contributed by atoms with E-state index in [1.54, 1.807) is 7.05 Å². The largest absolute Gasteiger partial charge is 0.354 e. The van der Waals surface area contributed by atoms with Crippen LogP contribution in [-0.4, -0.2) is 57.5 Å². The predicted octanol–water partition coefficient (Wildman–Crippen LogP) is 2.02. The minimum absolute atomic E-state index is 0.0262. The lowest BCUT2D eigenvalue weighted by Crippen LogP contribution is -2.42. The van der Waals surface area contributed by atoms with Crippen LogP contribution in [0.5, 0.6) is 0 Å². The number of nitrogens with zero attached hydrogens (tertiary/aromatic N) is 2. The number of hydrogen-bond acceptors (Lipinski definition) is 4. The maximum atomic E-state index is 11.3. The highest BCUT2D eigenvalue weighted by Crippen LogP contribution is 2.12. The van der Waals surface area contributed by atoms with E-state index in [1.165, 1.54) is 17.4 Å². The topological polar surface area (TPSA) is 73.8 Å². The normalized spacial score (nSPS) is 13.9. The van der Waals surface area contributed by atoms with Gasteiger partial charge in [-0.1, -0.05) is 24.3 Å². The average Bonchev–Trinajstić information content (AvgIpc) is 2.57. The second kappa shape index (κ2) is 10.5. The van der Waals surface area contributed by atoms with Crippen LogP contribution in [0.2, 0.25) is 0 Å². The van der Waals surface area contributed by atoms with Gasteiger partial charge in [-0.05, 0) is 45.4 Å². The second-order valence-electron chi connectivity index (χ2n) is 7.17. The maximum Gasteiger partial charge on any atom is 0.191 e. The van der Waals surface area contributed by atoms with Gasteiger partial charge in [-0.3, -0.25) is 9.89 Å². The molecule has 0 aliphatic heterocycles. The fourth-order valence-corrected chi connectivity index (χ4v) is 3.19. The lowest BCUT2D eigenvalue weighted by molar-refractivity contribution is 0.265. The van der Waals surface area contributed by atoms with Crippen molar-refractivity contribution in [1.29, 1.82) is 0 Å². The van der Waals surface area contributed by atoms with Crippen molar-refractivity contribution in [3.8, 4) is 0 Å². The van der Waals surface area contributed by atoms with Crippen LogP contribution in [0.3, 0.4) is 0 Å². The van der Waals surface area contributed by atoms with Crippen LogP contribution in [0.15, 0.2) is 29.3 Å². The Morgan fingerprint density at radius 3 is 2.35 bits per heavy atom. The van der Waals surface area contributed by atoms with Crippen LogP contribution in [0.25, 0.3) is 0 Å². The molecule has 6 nitrogen and oxygen atoms in total. The molecule has 0 aromatic heterocycles. The summed E-state index contributed by atoms with van der Waals surface area (Å²) >= 11 is 0. The summed E-state index contributed by atoms with van der Waals surface area (Å²) in [7, 11) is 0.897. The van der Waals surface area contributed by atoms with Gasteiger partial charge in [-0.15, -0.1) is 0 Å². The quantitative estimate of drug-likeness (QED) is 0.505. The van der Waals surface area contributed by atoms with Gasteiger partial charge in [0.1, 0.15) is 9.84 Å². The van der Waals surface area contributed by atoms with Crippen molar-refractivity contribution in [3.05, 3.63) is 35.4 Å². The maximum absolute atomic E-state index is 11.3. The van der Waals surface area contributed by atoms with Gasteiger partial charge >= 0.3 is 0 Å². The highest BCUT2D eigenvalue weighted by molar-refractivity contribution is 7.90. The van der Waals surface area contributed by atoms with Gasteiger partial charge in [0, 0.05) is 38.5 Å². The summed E-state index contributed by atoms with van der Waals surface area (Å²) in [5.74, 6) is 0.848.